The van der Waals surface area contributed by atoms with Gasteiger partial charge in [-0.2, -0.15) is 5.10 Å². The molecule has 0 fully saturated rings. The first-order chi connectivity index (χ1) is 9.92. The van der Waals surface area contributed by atoms with Gasteiger partial charge in [-0.05, 0) is 12.1 Å². The number of hydrogen-bond donors (Lipinski definition) is 2. The van der Waals surface area contributed by atoms with E-state index in [1.54, 1.807) is 7.05 Å². The number of benzene rings is 1. The molecule has 0 atom stereocenters. The molecule has 21 heavy (non-hydrogen) atoms. The molecule has 2 amide bonds. The highest BCUT2D eigenvalue weighted by molar-refractivity contribution is 6.08. The Labute approximate surface area is 118 Å². The van der Waals surface area contributed by atoms with Crippen LogP contribution in [-0.2, 0) is 7.05 Å². The molecule has 0 bridgehead atoms. The second-order valence-corrected chi connectivity index (χ2v) is 4.22. The number of hydrogen-bond acceptors (Lipinski definition) is 3. The Balaban J connectivity index is 2.29. The minimum absolute atomic E-state index is 0.00382. The third-order valence-corrected chi connectivity index (χ3v) is 2.69. The molecule has 2 aromatic rings. The van der Waals surface area contributed by atoms with Crippen molar-refractivity contribution in [2.75, 3.05) is 12.4 Å². The first-order valence-electron chi connectivity index (χ1n) is 5.94. The van der Waals surface area contributed by atoms with E-state index in [9.17, 15) is 18.4 Å². The van der Waals surface area contributed by atoms with Crippen LogP contribution in [0.2, 0.25) is 0 Å². The zero-order valence-corrected chi connectivity index (χ0v) is 11.3. The fourth-order valence-electron chi connectivity index (χ4n) is 1.73. The molecule has 0 aliphatic carbocycles. The van der Waals surface area contributed by atoms with Crippen molar-refractivity contribution in [1.29, 1.82) is 0 Å². The van der Waals surface area contributed by atoms with Crippen LogP contribution in [0.25, 0.3) is 0 Å². The Morgan fingerprint density at radius 2 is 1.95 bits per heavy atom. The monoisotopic (exact) mass is 294 g/mol. The van der Waals surface area contributed by atoms with Crippen molar-refractivity contribution in [1.82, 2.24) is 15.1 Å². The quantitative estimate of drug-likeness (QED) is 0.896. The summed E-state index contributed by atoms with van der Waals surface area (Å²) in [4.78, 5) is 23.6. The topological polar surface area (TPSA) is 76.0 Å². The molecule has 0 saturated heterocycles. The first kappa shape index (κ1) is 14.6. The maximum Gasteiger partial charge on any atom is 0.273 e. The van der Waals surface area contributed by atoms with Crippen molar-refractivity contribution in [2.45, 2.75) is 0 Å². The Kier molecular flexibility index (Phi) is 3.97. The third kappa shape index (κ3) is 3.04. The minimum atomic E-state index is -0.988. The fourth-order valence-corrected chi connectivity index (χ4v) is 1.73. The number of amides is 2. The molecular formula is C13H12F2N4O2. The van der Waals surface area contributed by atoms with E-state index >= 15 is 0 Å². The van der Waals surface area contributed by atoms with E-state index in [1.807, 2.05) is 0 Å². The molecule has 0 unspecified atom stereocenters. The van der Waals surface area contributed by atoms with Crippen LogP contribution >= 0.6 is 0 Å². The summed E-state index contributed by atoms with van der Waals surface area (Å²) in [6, 6.07) is 2.61. The van der Waals surface area contributed by atoms with E-state index < -0.39 is 23.4 Å². The molecule has 6 nitrogen and oxygen atoms in total. The van der Waals surface area contributed by atoms with Gasteiger partial charge in [0.25, 0.3) is 11.8 Å². The van der Waals surface area contributed by atoms with Crippen molar-refractivity contribution in [2.24, 2.45) is 7.05 Å². The average molecular weight is 294 g/mol. The standard InChI is InChI=1S/C13H12F2N4O2/c1-16-13(21)11-10(6-19(2)18-11)17-12(20)8-4-3-7(14)5-9(8)15/h3-6H,1-2H3,(H,16,21)(H,17,20). The maximum atomic E-state index is 13.5. The van der Waals surface area contributed by atoms with Gasteiger partial charge in [0.05, 0.1) is 11.3 Å². The van der Waals surface area contributed by atoms with Gasteiger partial charge in [0.15, 0.2) is 5.69 Å². The van der Waals surface area contributed by atoms with E-state index in [0.29, 0.717) is 6.07 Å². The normalized spacial score (nSPS) is 10.3. The van der Waals surface area contributed by atoms with Crippen molar-refractivity contribution < 1.29 is 18.4 Å². The summed E-state index contributed by atoms with van der Waals surface area (Å²) in [6.45, 7) is 0. The molecule has 0 aliphatic rings. The smallest absolute Gasteiger partial charge is 0.273 e. The van der Waals surface area contributed by atoms with E-state index in [1.165, 1.54) is 17.9 Å². The molecule has 8 heteroatoms. The summed E-state index contributed by atoms with van der Waals surface area (Å²) in [5.74, 6) is -3.06. The molecule has 2 rings (SSSR count). The van der Waals surface area contributed by atoms with Crippen LogP contribution in [0.5, 0.6) is 0 Å². The van der Waals surface area contributed by atoms with Crippen molar-refractivity contribution in [3.05, 3.63) is 47.3 Å². The lowest BCUT2D eigenvalue weighted by Gasteiger charge is -2.05. The fraction of sp³-hybridized carbons (Fsp3) is 0.154. The van der Waals surface area contributed by atoms with Crippen LogP contribution in [0.1, 0.15) is 20.8 Å². The summed E-state index contributed by atoms with van der Waals surface area (Å²) in [5, 5.41) is 8.66. The van der Waals surface area contributed by atoms with E-state index in [0.717, 1.165) is 12.1 Å². The molecule has 110 valence electrons. The summed E-state index contributed by atoms with van der Waals surface area (Å²) < 4.78 is 27.7. The summed E-state index contributed by atoms with van der Waals surface area (Å²) in [7, 11) is 2.99. The van der Waals surface area contributed by atoms with Gasteiger partial charge >= 0.3 is 0 Å². The SMILES string of the molecule is CNC(=O)c1nn(C)cc1NC(=O)c1ccc(F)cc1F. The van der Waals surface area contributed by atoms with E-state index in [-0.39, 0.29) is 16.9 Å². The van der Waals surface area contributed by atoms with Crippen molar-refractivity contribution in [3.63, 3.8) is 0 Å². The number of anilines is 1. The number of nitrogens with zero attached hydrogens (tertiary/aromatic N) is 2. The van der Waals surface area contributed by atoms with Crippen molar-refractivity contribution in [3.8, 4) is 0 Å². The summed E-state index contributed by atoms with van der Waals surface area (Å²) >= 11 is 0. The molecule has 0 saturated carbocycles. The number of carbonyl (C=O) groups is 2. The maximum absolute atomic E-state index is 13.5. The van der Waals surface area contributed by atoms with Crippen LogP contribution in [0.15, 0.2) is 24.4 Å². The van der Waals surface area contributed by atoms with Gasteiger partial charge in [-0.3, -0.25) is 14.3 Å². The number of halogens is 2. The molecule has 2 N–H and O–H groups in total. The lowest BCUT2D eigenvalue weighted by molar-refractivity contribution is 0.0958. The van der Waals surface area contributed by atoms with Gasteiger partial charge in [0.2, 0.25) is 0 Å². The molecular weight excluding hydrogens is 282 g/mol. The molecule has 1 aromatic heterocycles. The van der Waals surface area contributed by atoms with Crippen LogP contribution < -0.4 is 10.6 Å². The zero-order chi connectivity index (χ0) is 15.6. The number of rotatable bonds is 3. The molecule has 0 aliphatic heterocycles. The second kappa shape index (κ2) is 5.70. The van der Waals surface area contributed by atoms with Crippen LogP contribution in [-0.4, -0.2) is 28.6 Å². The Bertz CT molecular complexity index is 712. The molecule has 0 radical (unpaired) electrons. The number of aryl methyl sites for hydroxylation is 1. The zero-order valence-electron chi connectivity index (χ0n) is 11.3. The largest absolute Gasteiger partial charge is 0.354 e. The number of aromatic nitrogens is 2. The number of nitrogens with one attached hydrogen (secondary N) is 2. The Hall–Kier alpha value is -2.77. The summed E-state index contributed by atoms with van der Waals surface area (Å²) in [6.07, 6.45) is 1.41. The average Bonchev–Trinajstić information content (AvgIpc) is 2.78. The van der Waals surface area contributed by atoms with Gasteiger partial charge in [-0.1, -0.05) is 0 Å². The van der Waals surface area contributed by atoms with Crippen LogP contribution in [0.4, 0.5) is 14.5 Å². The molecule has 0 spiro atoms. The predicted molar refractivity (Wildman–Crippen MR) is 70.9 cm³/mol. The lowest BCUT2D eigenvalue weighted by Crippen LogP contribution is -2.22. The lowest BCUT2D eigenvalue weighted by atomic mass is 10.2. The summed E-state index contributed by atoms with van der Waals surface area (Å²) in [5.41, 5.74) is -0.204. The van der Waals surface area contributed by atoms with Gasteiger partial charge in [0.1, 0.15) is 11.6 Å². The van der Waals surface area contributed by atoms with E-state index in [4.69, 9.17) is 0 Å². The molecule has 1 heterocycles. The minimum Gasteiger partial charge on any atom is -0.354 e. The second-order valence-electron chi connectivity index (χ2n) is 4.22. The number of carbonyl (C=O) groups excluding carboxylic acids is 2. The highest BCUT2D eigenvalue weighted by Crippen LogP contribution is 2.16. The van der Waals surface area contributed by atoms with Gasteiger partial charge in [-0.25, -0.2) is 8.78 Å². The molecule has 1 aromatic carbocycles. The van der Waals surface area contributed by atoms with Gasteiger partial charge < -0.3 is 10.6 Å². The van der Waals surface area contributed by atoms with Crippen molar-refractivity contribution >= 4 is 17.5 Å². The third-order valence-electron chi connectivity index (χ3n) is 2.69. The van der Waals surface area contributed by atoms with E-state index in [2.05, 4.69) is 15.7 Å². The Morgan fingerprint density at radius 3 is 2.57 bits per heavy atom. The van der Waals surface area contributed by atoms with Gasteiger partial charge in [-0.15, -0.1) is 0 Å². The van der Waals surface area contributed by atoms with Gasteiger partial charge in [0, 0.05) is 26.4 Å². The predicted octanol–water partition coefficient (Wildman–Crippen LogP) is 1.31. The highest BCUT2D eigenvalue weighted by Gasteiger charge is 2.19. The Morgan fingerprint density at radius 1 is 1.24 bits per heavy atom. The van der Waals surface area contributed by atoms with Crippen LogP contribution in [0, 0.1) is 11.6 Å². The first-order valence-corrected chi connectivity index (χ1v) is 5.94. The van der Waals surface area contributed by atoms with Crippen LogP contribution in [0.3, 0.4) is 0 Å². The highest BCUT2D eigenvalue weighted by atomic mass is 19.1.